The number of thiocarbonyl (C=S) groups is 1. The van der Waals surface area contributed by atoms with Crippen molar-refractivity contribution >= 4 is 51.6 Å². The number of carbonyl (C=O) groups is 3. The fourth-order valence-corrected chi connectivity index (χ4v) is 3.56. The highest BCUT2D eigenvalue weighted by Gasteiger charge is 2.21. The average molecular weight is 395 g/mol. The number of hydrogen-bond acceptors (Lipinski definition) is 6. The third-order valence-corrected chi connectivity index (χ3v) is 5.42. The zero-order chi connectivity index (χ0) is 19.1. The van der Waals surface area contributed by atoms with Gasteiger partial charge in [-0.1, -0.05) is 36.1 Å². The van der Waals surface area contributed by atoms with Gasteiger partial charge in [0.25, 0.3) is 5.91 Å². The Morgan fingerprint density at radius 1 is 1.27 bits per heavy atom. The molecule has 1 amide bonds. The third kappa shape index (κ3) is 5.81. The van der Waals surface area contributed by atoms with Crippen LogP contribution in [0.4, 0.5) is 5.69 Å². The fourth-order valence-electron chi connectivity index (χ4n) is 2.53. The van der Waals surface area contributed by atoms with Crippen LogP contribution in [-0.4, -0.2) is 51.8 Å². The van der Waals surface area contributed by atoms with E-state index in [2.05, 4.69) is 10.2 Å². The maximum atomic E-state index is 12.2. The number of rotatable bonds is 6. The summed E-state index contributed by atoms with van der Waals surface area (Å²) in [6, 6.07) is 6.70. The molecule has 1 fully saturated rings. The fraction of sp³-hybridized carbons (Fsp3) is 0.444. The summed E-state index contributed by atoms with van der Waals surface area (Å²) in [6.45, 7) is 4.77. The van der Waals surface area contributed by atoms with Crippen molar-refractivity contribution in [2.24, 2.45) is 0 Å². The molecule has 2 rings (SSSR count). The van der Waals surface area contributed by atoms with Gasteiger partial charge in [-0.05, 0) is 38.8 Å². The van der Waals surface area contributed by atoms with E-state index in [1.807, 2.05) is 0 Å². The SMILES string of the molecule is CC(=O)c1ccccc1NC(=O)[C@@H](C)OC(=O)CSC(=S)N1CCCC1. The lowest BCUT2D eigenvalue weighted by atomic mass is 10.1. The van der Waals surface area contributed by atoms with Gasteiger partial charge in [0.2, 0.25) is 0 Å². The standard InChI is InChI=1S/C18H22N2O4S2/c1-12(21)14-7-3-4-8-15(14)19-17(23)13(2)24-16(22)11-26-18(25)20-9-5-6-10-20/h3-4,7-8,13H,5-6,9-11H2,1-2H3,(H,19,23)/t13-/m1/s1. The molecule has 0 radical (unpaired) electrons. The van der Waals surface area contributed by atoms with Crippen LogP contribution in [0.2, 0.25) is 0 Å². The number of likely N-dealkylation sites (tertiary alicyclic amines) is 1. The minimum atomic E-state index is -0.969. The number of anilines is 1. The molecule has 0 saturated carbocycles. The Kier molecular flexibility index (Phi) is 7.59. The number of Topliss-reactive ketones (excluding diaryl/α,β-unsaturated/α-hetero) is 1. The largest absolute Gasteiger partial charge is 0.452 e. The van der Waals surface area contributed by atoms with Crippen molar-refractivity contribution in [3.05, 3.63) is 29.8 Å². The van der Waals surface area contributed by atoms with Gasteiger partial charge in [-0.2, -0.15) is 0 Å². The lowest BCUT2D eigenvalue weighted by molar-refractivity contribution is -0.150. The average Bonchev–Trinajstić information content (AvgIpc) is 3.14. The molecular formula is C18H22N2O4S2. The number of hydrogen-bond donors (Lipinski definition) is 1. The van der Waals surface area contributed by atoms with Gasteiger partial charge >= 0.3 is 5.97 Å². The molecule has 1 aromatic rings. The molecule has 1 N–H and O–H groups in total. The molecule has 1 saturated heterocycles. The quantitative estimate of drug-likeness (QED) is 0.452. The summed E-state index contributed by atoms with van der Waals surface area (Å²) in [4.78, 5) is 37.8. The second-order valence-corrected chi connectivity index (χ2v) is 7.58. The van der Waals surface area contributed by atoms with Crippen LogP contribution in [0.5, 0.6) is 0 Å². The molecule has 140 valence electrons. The molecular weight excluding hydrogens is 372 g/mol. The van der Waals surface area contributed by atoms with Crippen molar-refractivity contribution in [3.63, 3.8) is 0 Å². The summed E-state index contributed by atoms with van der Waals surface area (Å²) in [5, 5.41) is 2.63. The number of nitrogens with zero attached hydrogens (tertiary/aromatic N) is 1. The van der Waals surface area contributed by atoms with Crippen LogP contribution in [0.25, 0.3) is 0 Å². The summed E-state index contributed by atoms with van der Waals surface area (Å²) in [7, 11) is 0. The number of nitrogens with one attached hydrogen (secondary N) is 1. The molecule has 0 aliphatic carbocycles. The summed E-state index contributed by atoms with van der Waals surface area (Å²) < 4.78 is 5.85. The van der Waals surface area contributed by atoms with Crippen molar-refractivity contribution in [1.82, 2.24) is 4.90 Å². The van der Waals surface area contributed by atoms with Crippen LogP contribution in [0.15, 0.2) is 24.3 Å². The summed E-state index contributed by atoms with van der Waals surface area (Å²) in [5.41, 5.74) is 0.809. The van der Waals surface area contributed by atoms with Crippen molar-refractivity contribution in [2.45, 2.75) is 32.8 Å². The topological polar surface area (TPSA) is 75.7 Å². The van der Waals surface area contributed by atoms with Crippen LogP contribution in [0, 0.1) is 0 Å². The zero-order valence-electron chi connectivity index (χ0n) is 14.8. The number of esters is 1. The Morgan fingerprint density at radius 2 is 1.92 bits per heavy atom. The van der Waals surface area contributed by atoms with Crippen molar-refractivity contribution in [1.29, 1.82) is 0 Å². The van der Waals surface area contributed by atoms with E-state index in [0.717, 1.165) is 25.9 Å². The minimum Gasteiger partial charge on any atom is -0.452 e. The van der Waals surface area contributed by atoms with Crippen LogP contribution >= 0.6 is 24.0 Å². The van der Waals surface area contributed by atoms with Gasteiger partial charge in [0.15, 0.2) is 11.9 Å². The molecule has 8 heteroatoms. The number of ketones is 1. The molecule has 1 atom stereocenters. The highest BCUT2D eigenvalue weighted by Crippen LogP contribution is 2.18. The van der Waals surface area contributed by atoms with Crippen LogP contribution in [0.1, 0.15) is 37.0 Å². The van der Waals surface area contributed by atoms with Gasteiger partial charge in [-0.15, -0.1) is 0 Å². The first kappa shape index (κ1) is 20.4. The lowest BCUT2D eigenvalue weighted by Crippen LogP contribution is -2.31. The first-order valence-corrected chi connectivity index (χ1v) is 9.80. The van der Waals surface area contributed by atoms with E-state index in [-0.39, 0.29) is 11.5 Å². The molecule has 0 unspecified atom stereocenters. The smallest absolute Gasteiger partial charge is 0.317 e. The van der Waals surface area contributed by atoms with Crippen LogP contribution in [0.3, 0.4) is 0 Å². The van der Waals surface area contributed by atoms with Gasteiger partial charge < -0.3 is 15.0 Å². The maximum Gasteiger partial charge on any atom is 0.317 e. The van der Waals surface area contributed by atoms with Gasteiger partial charge in [0, 0.05) is 18.7 Å². The molecule has 26 heavy (non-hydrogen) atoms. The van der Waals surface area contributed by atoms with Crippen molar-refractivity contribution in [2.75, 3.05) is 24.2 Å². The van der Waals surface area contributed by atoms with E-state index in [1.54, 1.807) is 24.3 Å². The highest BCUT2D eigenvalue weighted by molar-refractivity contribution is 8.23. The predicted molar refractivity (Wildman–Crippen MR) is 106 cm³/mol. The second kappa shape index (κ2) is 9.68. The molecule has 0 spiro atoms. The highest BCUT2D eigenvalue weighted by atomic mass is 32.2. The third-order valence-electron chi connectivity index (χ3n) is 3.92. The molecule has 0 aromatic heterocycles. The molecule has 1 aliphatic heterocycles. The van der Waals surface area contributed by atoms with Gasteiger partial charge in [-0.3, -0.25) is 14.4 Å². The Labute approximate surface area is 162 Å². The van der Waals surface area contributed by atoms with Crippen LogP contribution < -0.4 is 5.32 Å². The van der Waals surface area contributed by atoms with E-state index in [4.69, 9.17) is 17.0 Å². The monoisotopic (exact) mass is 394 g/mol. The molecule has 1 aromatic carbocycles. The molecule has 6 nitrogen and oxygen atoms in total. The van der Waals surface area contributed by atoms with Crippen LogP contribution in [-0.2, 0) is 14.3 Å². The van der Waals surface area contributed by atoms with E-state index in [9.17, 15) is 14.4 Å². The van der Waals surface area contributed by atoms with E-state index < -0.39 is 18.0 Å². The van der Waals surface area contributed by atoms with Crippen molar-refractivity contribution in [3.8, 4) is 0 Å². The Hall–Kier alpha value is -1.93. The van der Waals surface area contributed by atoms with E-state index in [1.165, 1.54) is 25.6 Å². The van der Waals surface area contributed by atoms with Gasteiger partial charge in [0.05, 0.1) is 11.4 Å². The summed E-state index contributed by atoms with van der Waals surface area (Å²) in [5.74, 6) is -1.08. The number of ether oxygens (including phenoxy) is 1. The Balaban J connectivity index is 1.82. The van der Waals surface area contributed by atoms with E-state index >= 15 is 0 Å². The van der Waals surface area contributed by atoms with E-state index in [0.29, 0.717) is 15.6 Å². The number of thioether (sulfide) groups is 1. The Morgan fingerprint density at radius 3 is 2.58 bits per heavy atom. The lowest BCUT2D eigenvalue weighted by Gasteiger charge is -2.18. The second-order valence-electron chi connectivity index (χ2n) is 5.97. The predicted octanol–water partition coefficient (Wildman–Crippen LogP) is 2.87. The number of benzene rings is 1. The van der Waals surface area contributed by atoms with Crippen molar-refractivity contribution < 1.29 is 19.1 Å². The summed E-state index contributed by atoms with van der Waals surface area (Å²) >= 11 is 6.54. The Bertz CT molecular complexity index is 702. The number of carbonyl (C=O) groups excluding carboxylic acids is 3. The van der Waals surface area contributed by atoms with Gasteiger partial charge in [-0.25, -0.2) is 0 Å². The first-order valence-electron chi connectivity index (χ1n) is 8.40. The maximum absolute atomic E-state index is 12.2. The normalized spacial score (nSPS) is 14.6. The number of para-hydroxylation sites is 1. The minimum absolute atomic E-state index is 0.0665. The molecule has 1 heterocycles. The first-order chi connectivity index (χ1) is 12.4. The zero-order valence-corrected chi connectivity index (χ0v) is 16.5. The number of amides is 1. The molecule has 0 bridgehead atoms. The van der Waals surface area contributed by atoms with Gasteiger partial charge in [0.1, 0.15) is 4.32 Å². The summed E-state index contributed by atoms with van der Waals surface area (Å²) in [6.07, 6.45) is 1.26. The molecule has 1 aliphatic rings.